The number of hydrogen-bond donors (Lipinski definition) is 2. The highest BCUT2D eigenvalue weighted by Crippen LogP contribution is 2.00. The Morgan fingerprint density at radius 1 is 1.31 bits per heavy atom. The molecule has 1 atom stereocenters. The number of hydrogen-bond acceptors (Lipinski definition) is 3. The molecule has 0 amide bonds. The van der Waals surface area contributed by atoms with Crippen LogP contribution in [0.3, 0.4) is 0 Å². The summed E-state index contributed by atoms with van der Waals surface area (Å²) in [7, 11) is 6.10. The summed E-state index contributed by atoms with van der Waals surface area (Å²) in [6.45, 7) is 4.00. The minimum atomic E-state index is 0.0972. The average molecular weight is 186 g/mol. The second kappa shape index (κ2) is 5.94. The summed E-state index contributed by atoms with van der Waals surface area (Å²) in [6, 6.07) is 0.0972. The maximum Gasteiger partial charge on any atom is 0.108 e. The normalized spacial score (nSPS) is 13.7. The topological polar surface area (TPSA) is 56.4 Å². The van der Waals surface area contributed by atoms with E-state index in [2.05, 4.69) is 16.7 Å². The van der Waals surface area contributed by atoms with Crippen LogP contribution in [-0.4, -0.2) is 55.9 Å². The molecule has 0 aromatic rings. The van der Waals surface area contributed by atoms with E-state index in [4.69, 9.17) is 11.1 Å². The zero-order valence-electron chi connectivity index (χ0n) is 9.17. The Hall–Kier alpha value is -0.610. The SMILES string of the molecule is CCC(C(=N)N)N(C)CCN(C)C. The quantitative estimate of drug-likeness (QED) is 0.460. The van der Waals surface area contributed by atoms with Gasteiger partial charge in [-0.25, -0.2) is 0 Å². The van der Waals surface area contributed by atoms with Gasteiger partial charge in [-0.05, 0) is 27.6 Å². The molecular formula is C9H22N4. The third-order valence-corrected chi connectivity index (χ3v) is 2.18. The molecule has 0 saturated carbocycles. The van der Waals surface area contributed by atoms with E-state index < -0.39 is 0 Å². The molecular weight excluding hydrogens is 164 g/mol. The summed E-state index contributed by atoms with van der Waals surface area (Å²) in [5, 5.41) is 7.39. The van der Waals surface area contributed by atoms with Crippen LogP contribution in [0.4, 0.5) is 0 Å². The van der Waals surface area contributed by atoms with Gasteiger partial charge in [0.05, 0.1) is 6.04 Å². The van der Waals surface area contributed by atoms with Gasteiger partial charge in [0.25, 0.3) is 0 Å². The van der Waals surface area contributed by atoms with Gasteiger partial charge < -0.3 is 10.6 Å². The fourth-order valence-electron chi connectivity index (χ4n) is 1.28. The van der Waals surface area contributed by atoms with Gasteiger partial charge in [-0.15, -0.1) is 0 Å². The van der Waals surface area contributed by atoms with Crippen molar-refractivity contribution in [2.45, 2.75) is 19.4 Å². The van der Waals surface area contributed by atoms with E-state index in [1.165, 1.54) is 0 Å². The predicted molar refractivity (Wildman–Crippen MR) is 57.2 cm³/mol. The van der Waals surface area contributed by atoms with Gasteiger partial charge in [0.15, 0.2) is 0 Å². The van der Waals surface area contributed by atoms with Crippen LogP contribution in [0.5, 0.6) is 0 Å². The van der Waals surface area contributed by atoms with Gasteiger partial charge in [0, 0.05) is 13.1 Å². The lowest BCUT2D eigenvalue weighted by Crippen LogP contribution is -2.44. The summed E-state index contributed by atoms with van der Waals surface area (Å²) < 4.78 is 0. The van der Waals surface area contributed by atoms with Gasteiger partial charge in [-0.3, -0.25) is 10.3 Å². The third kappa shape index (κ3) is 4.85. The lowest BCUT2D eigenvalue weighted by molar-refractivity contribution is 0.252. The monoisotopic (exact) mass is 186 g/mol. The van der Waals surface area contributed by atoms with Crippen LogP contribution >= 0.6 is 0 Å². The first-order valence-corrected chi connectivity index (χ1v) is 4.68. The summed E-state index contributed by atoms with van der Waals surface area (Å²) >= 11 is 0. The minimum Gasteiger partial charge on any atom is -0.386 e. The molecule has 0 rings (SSSR count). The fraction of sp³-hybridized carbons (Fsp3) is 0.889. The van der Waals surface area contributed by atoms with Gasteiger partial charge in [0.2, 0.25) is 0 Å². The molecule has 0 aliphatic carbocycles. The fourth-order valence-corrected chi connectivity index (χ4v) is 1.28. The summed E-state index contributed by atoms with van der Waals surface area (Å²) in [4.78, 5) is 4.26. The Morgan fingerprint density at radius 2 is 1.85 bits per heavy atom. The molecule has 4 heteroatoms. The van der Waals surface area contributed by atoms with Crippen molar-refractivity contribution in [3.63, 3.8) is 0 Å². The molecule has 1 unspecified atom stereocenters. The van der Waals surface area contributed by atoms with Crippen molar-refractivity contribution < 1.29 is 0 Å². The van der Waals surface area contributed by atoms with E-state index in [0.717, 1.165) is 19.5 Å². The zero-order valence-corrected chi connectivity index (χ0v) is 9.17. The Labute approximate surface area is 81.2 Å². The molecule has 0 spiro atoms. The second-order valence-corrected chi connectivity index (χ2v) is 3.66. The average Bonchev–Trinajstić information content (AvgIpc) is 2.01. The number of nitrogens with zero attached hydrogens (tertiary/aromatic N) is 2. The van der Waals surface area contributed by atoms with E-state index in [0.29, 0.717) is 0 Å². The zero-order chi connectivity index (χ0) is 10.4. The second-order valence-electron chi connectivity index (χ2n) is 3.66. The molecule has 0 aromatic heterocycles. The number of nitrogens with one attached hydrogen (secondary N) is 1. The van der Waals surface area contributed by atoms with Crippen LogP contribution < -0.4 is 5.73 Å². The van der Waals surface area contributed by atoms with Crippen LogP contribution in [0, 0.1) is 5.41 Å². The van der Waals surface area contributed by atoms with Gasteiger partial charge in [-0.2, -0.15) is 0 Å². The molecule has 0 heterocycles. The van der Waals surface area contributed by atoms with Crippen molar-refractivity contribution in [1.29, 1.82) is 5.41 Å². The third-order valence-electron chi connectivity index (χ3n) is 2.18. The maximum atomic E-state index is 7.39. The molecule has 0 aliphatic heterocycles. The van der Waals surface area contributed by atoms with Crippen molar-refractivity contribution >= 4 is 5.84 Å². The molecule has 4 nitrogen and oxygen atoms in total. The number of rotatable bonds is 6. The van der Waals surface area contributed by atoms with Crippen LogP contribution in [-0.2, 0) is 0 Å². The number of nitrogens with two attached hydrogens (primary N) is 1. The molecule has 3 N–H and O–H groups in total. The summed E-state index contributed by atoms with van der Waals surface area (Å²) in [6.07, 6.45) is 0.902. The maximum absolute atomic E-state index is 7.39. The van der Waals surface area contributed by atoms with E-state index >= 15 is 0 Å². The van der Waals surface area contributed by atoms with Crippen LogP contribution in [0.1, 0.15) is 13.3 Å². The van der Waals surface area contributed by atoms with E-state index in [9.17, 15) is 0 Å². The Kier molecular flexibility index (Phi) is 5.66. The highest BCUT2D eigenvalue weighted by Gasteiger charge is 2.14. The molecule has 0 bridgehead atoms. The predicted octanol–water partition coefficient (Wildman–Crippen LogP) is 0.194. The molecule has 0 aromatic carbocycles. The summed E-state index contributed by atoms with van der Waals surface area (Å²) in [5.74, 6) is 0.267. The van der Waals surface area contributed by atoms with E-state index in [1.807, 2.05) is 21.1 Å². The number of likely N-dealkylation sites (N-methyl/N-ethyl adjacent to an activating group) is 2. The lowest BCUT2D eigenvalue weighted by Gasteiger charge is -2.27. The van der Waals surface area contributed by atoms with Crippen molar-refractivity contribution in [3.8, 4) is 0 Å². The van der Waals surface area contributed by atoms with Crippen molar-refractivity contribution in [2.24, 2.45) is 5.73 Å². The van der Waals surface area contributed by atoms with Crippen molar-refractivity contribution in [1.82, 2.24) is 9.80 Å². The number of amidine groups is 1. The van der Waals surface area contributed by atoms with Crippen LogP contribution in [0.15, 0.2) is 0 Å². The van der Waals surface area contributed by atoms with E-state index in [1.54, 1.807) is 0 Å². The smallest absolute Gasteiger partial charge is 0.108 e. The molecule has 78 valence electrons. The molecule has 0 aliphatic rings. The Morgan fingerprint density at radius 3 is 2.15 bits per heavy atom. The summed E-state index contributed by atoms with van der Waals surface area (Å²) in [5.41, 5.74) is 5.48. The van der Waals surface area contributed by atoms with Gasteiger partial charge in [-0.1, -0.05) is 6.92 Å². The standard InChI is InChI=1S/C9H22N4/c1-5-8(9(10)11)13(4)7-6-12(2)3/h8H,5-7H2,1-4H3,(H3,10,11). The Bertz CT molecular complexity index is 156. The minimum absolute atomic E-state index is 0.0972. The van der Waals surface area contributed by atoms with Crippen molar-refractivity contribution in [3.05, 3.63) is 0 Å². The highest BCUT2D eigenvalue weighted by molar-refractivity contribution is 5.82. The van der Waals surface area contributed by atoms with Crippen molar-refractivity contribution in [2.75, 3.05) is 34.2 Å². The van der Waals surface area contributed by atoms with E-state index in [-0.39, 0.29) is 11.9 Å². The lowest BCUT2D eigenvalue weighted by atomic mass is 10.2. The Balaban J connectivity index is 3.91. The van der Waals surface area contributed by atoms with Gasteiger partial charge in [0.1, 0.15) is 5.84 Å². The first-order chi connectivity index (χ1) is 5.99. The molecule has 0 saturated heterocycles. The molecule has 0 fully saturated rings. The largest absolute Gasteiger partial charge is 0.386 e. The molecule has 13 heavy (non-hydrogen) atoms. The highest BCUT2D eigenvalue weighted by atomic mass is 15.2. The van der Waals surface area contributed by atoms with Gasteiger partial charge >= 0.3 is 0 Å². The molecule has 0 radical (unpaired) electrons. The first kappa shape index (κ1) is 12.4. The first-order valence-electron chi connectivity index (χ1n) is 4.68. The van der Waals surface area contributed by atoms with Crippen LogP contribution in [0.25, 0.3) is 0 Å². The van der Waals surface area contributed by atoms with Crippen LogP contribution in [0.2, 0.25) is 0 Å².